The molecule has 0 spiro atoms. The zero-order chi connectivity index (χ0) is 44.8. The van der Waals surface area contributed by atoms with Gasteiger partial charge in [-0.25, -0.2) is 19.2 Å². The van der Waals surface area contributed by atoms with Crippen molar-refractivity contribution in [2.45, 2.75) is 84.3 Å². The first-order chi connectivity index (χ1) is 29.8. The molecule has 16 heteroatoms. The number of carbonyl (C=O) groups excluding carboxylic acids is 6. The van der Waals surface area contributed by atoms with Crippen molar-refractivity contribution >= 4 is 47.3 Å². The molecule has 6 rings (SSSR count). The predicted octanol–water partition coefficient (Wildman–Crippen LogP) is 7.82. The molecule has 2 heterocycles. The smallest absolute Gasteiger partial charge is 0.410 e. The molecule has 2 aliphatic rings. The zero-order valence-corrected chi connectivity index (χ0v) is 34.3. The molecule has 1 atom stereocenters. The second-order valence-corrected chi connectivity index (χ2v) is 14.5. The highest BCUT2D eigenvalue weighted by Crippen LogP contribution is 2.35. The summed E-state index contributed by atoms with van der Waals surface area (Å²) in [4.78, 5) is 89.5. The largest absolute Gasteiger partial charge is 0.508 e. The van der Waals surface area contributed by atoms with E-state index in [9.17, 15) is 48.9 Å². The van der Waals surface area contributed by atoms with Crippen LogP contribution in [0.3, 0.4) is 0 Å². The molecule has 4 N–H and O–H groups in total. The Morgan fingerprint density at radius 2 is 1.47 bits per heavy atom. The van der Waals surface area contributed by atoms with Gasteiger partial charge in [0.25, 0.3) is 5.91 Å². The fraction of sp³-hybridized carbons (Fsp3) is 0.326. The Balaban J connectivity index is 0.000000814. The highest BCUT2D eigenvalue weighted by atomic mass is 16.6. The number of rotatable bonds is 17. The summed E-state index contributed by atoms with van der Waals surface area (Å²) < 4.78 is 21.2. The van der Waals surface area contributed by atoms with Crippen molar-refractivity contribution < 1.29 is 67.8 Å². The molecular formula is C46H48N2O14. The fourth-order valence-electron chi connectivity index (χ4n) is 6.35. The number of carbonyl (C=O) groups is 7. The van der Waals surface area contributed by atoms with Gasteiger partial charge in [-0.05, 0) is 92.3 Å². The number of hydrogen-bond acceptors (Lipinski definition) is 13. The van der Waals surface area contributed by atoms with Crippen LogP contribution in [0.5, 0.6) is 23.0 Å². The van der Waals surface area contributed by atoms with Gasteiger partial charge >= 0.3 is 30.0 Å². The number of likely N-dealkylation sites (tertiary alicyclic amines) is 1. The van der Waals surface area contributed by atoms with E-state index in [1.165, 1.54) is 66.7 Å². The summed E-state index contributed by atoms with van der Waals surface area (Å²) in [5.41, 5.74) is -0.940. The van der Waals surface area contributed by atoms with Crippen LogP contribution in [-0.2, 0) is 25.7 Å². The Labute approximate surface area is 357 Å². The Hall–Kier alpha value is -7.23. The van der Waals surface area contributed by atoms with Gasteiger partial charge in [-0.15, -0.1) is 0 Å². The number of ketones is 1. The quantitative estimate of drug-likeness (QED) is 0.0261. The lowest BCUT2D eigenvalue weighted by atomic mass is 9.96. The second kappa shape index (κ2) is 21.9. The van der Waals surface area contributed by atoms with Crippen LogP contribution in [0, 0.1) is 0 Å². The number of anilines is 1. The maximum Gasteiger partial charge on any atom is 0.410 e. The zero-order valence-electron chi connectivity index (χ0n) is 34.3. The maximum absolute atomic E-state index is 13.7. The first-order valence-electron chi connectivity index (χ1n) is 20.3. The summed E-state index contributed by atoms with van der Waals surface area (Å²) in [6, 6.07) is 16.9. The number of aromatic hydroxyl groups is 2. The number of cyclic esters (lactones) is 1. The van der Waals surface area contributed by atoms with Crippen LogP contribution in [0.4, 0.5) is 10.5 Å². The van der Waals surface area contributed by atoms with E-state index in [2.05, 4.69) is 17.0 Å². The molecule has 4 aromatic carbocycles. The molecule has 326 valence electrons. The van der Waals surface area contributed by atoms with Crippen molar-refractivity contribution in [1.82, 2.24) is 4.90 Å². The molecule has 1 unspecified atom stereocenters. The molecule has 2 saturated heterocycles. The molecule has 2 amide bonds. The summed E-state index contributed by atoms with van der Waals surface area (Å²) in [5.74, 6) is -6.36. The molecule has 2 aliphatic heterocycles. The first kappa shape index (κ1) is 45.8. The van der Waals surface area contributed by atoms with E-state index < -0.39 is 52.8 Å². The SMILES string of the molecule is CCCCC1OC1=O.CCCCCC(=O)Oc1cc(C(=O)Oc2ccc(COC(=O)N3CCCC3)cc2NC(=O)c2ccc(O)cc2)cc(O)c1C(=O)c1ccccc1C(=O)O. The Morgan fingerprint density at radius 1 is 0.790 bits per heavy atom. The minimum Gasteiger partial charge on any atom is -0.508 e. The van der Waals surface area contributed by atoms with Crippen molar-refractivity contribution in [2.75, 3.05) is 18.4 Å². The van der Waals surface area contributed by atoms with Gasteiger partial charge in [-0.3, -0.25) is 14.4 Å². The van der Waals surface area contributed by atoms with Gasteiger partial charge in [0.2, 0.25) is 5.78 Å². The maximum atomic E-state index is 13.7. The normalized spacial score (nSPS) is 13.8. The van der Waals surface area contributed by atoms with Crippen molar-refractivity contribution in [3.8, 4) is 23.0 Å². The first-order valence-corrected chi connectivity index (χ1v) is 20.3. The minimum atomic E-state index is -1.40. The number of esters is 2. The standard InChI is InChI=1S/C40H38N2O12.C6H10O2/c1-2-3-4-11-34(45)53-33-22-26(21-31(44)35(33)36(46)28-9-5-6-10-29(28)38(48)49)39(50)54-32-17-12-24(23-52-40(51)42-18-7-8-19-42)20-30(32)41-37(47)25-13-15-27(43)16-14-25;1-2-3-4-5-6(7)8-5/h5-6,9-10,12-17,20-22,43-44H,2-4,7-8,11,18-19,23H2,1H3,(H,41,47)(H,48,49);5H,2-4H2,1H3. The molecule has 16 nitrogen and oxygen atoms in total. The highest BCUT2D eigenvalue weighted by Gasteiger charge is 2.36. The fourth-order valence-corrected chi connectivity index (χ4v) is 6.35. The van der Waals surface area contributed by atoms with Crippen LogP contribution in [0.25, 0.3) is 0 Å². The average Bonchev–Trinajstić information content (AvgIpc) is 3.68. The number of ether oxygens (including phenoxy) is 4. The summed E-state index contributed by atoms with van der Waals surface area (Å²) in [6.07, 6.45) is 6.39. The van der Waals surface area contributed by atoms with Gasteiger partial charge in [-0.2, -0.15) is 0 Å². The monoisotopic (exact) mass is 852 g/mol. The molecule has 0 bridgehead atoms. The van der Waals surface area contributed by atoms with Crippen LogP contribution >= 0.6 is 0 Å². The molecule has 4 aromatic rings. The van der Waals surface area contributed by atoms with E-state index >= 15 is 0 Å². The topological polar surface area (TPSA) is 236 Å². The molecule has 0 saturated carbocycles. The molecule has 0 radical (unpaired) electrons. The lowest BCUT2D eigenvalue weighted by Gasteiger charge is -2.17. The number of carboxylic acid groups (broad SMARTS) is 1. The molecule has 62 heavy (non-hydrogen) atoms. The molecular weight excluding hydrogens is 805 g/mol. The van der Waals surface area contributed by atoms with Crippen LogP contribution in [-0.4, -0.2) is 81.1 Å². The number of epoxide rings is 1. The number of carboxylic acids is 1. The van der Waals surface area contributed by atoms with E-state index in [1.54, 1.807) is 4.90 Å². The van der Waals surface area contributed by atoms with E-state index in [-0.39, 0.29) is 64.5 Å². The van der Waals surface area contributed by atoms with Crippen LogP contribution in [0.2, 0.25) is 0 Å². The van der Waals surface area contributed by atoms with Crippen molar-refractivity contribution in [2.24, 2.45) is 0 Å². The number of phenolic OH excluding ortho intramolecular Hbond substituents is 2. The lowest BCUT2D eigenvalue weighted by molar-refractivity contribution is -0.134. The van der Waals surface area contributed by atoms with Crippen LogP contribution < -0.4 is 14.8 Å². The molecule has 0 aliphatic carbocycles. The number of aromatic carboxylic acids is 1. The highest BCUT2D eigenvalue weighted by molar-refractivity contribution is 6.17. The van der Waals surface area contributed by atoms with Gasteiger partial charge in [0.1, 0.15) is 29.4 Å². The number of phenols is 2. The van der Waals surface area contributed by atoms with Gasteiger partial charge in [0.15, 0.2) is 11.9 Å². The lowest BCUT2D eigenvalue weighted by Crippen LogP contribution is -2.28. The van der Waals surface area contributed by atoms with Crippen LogP contribution in [0.1, 0.15) is 124 Å². The Bertz CT molecular complexity index is 2300. The molecule has 2 fully saturated rings. The van der Waals surface area contributed by atoms with Crippen molar-refractivity contribution in [1.29, 1.82) is 0 Å². The van der Waals surface area contributed by atoms with E-state index in [0.29, 0.717) is 25.1 Å². The summed E-state index contributed by atoms with van der Waals surface area (Å²) in [6.45, 7) is 5.06. The van der Waals surface area contributed by atoms with Crippen molar-refractivity contribution in [3.63, 3.8) is 0 Å². The number of nitrogens with one attached hydrogen (secondary N) is 1. The Morgan fingerprint density at radius 3 is 2.11 bits per heavy atom. The number of benzene rings is 4. The number of hydrogen-bond donors (Lipinski definition) is 4. The van der Waals surface area contributed by atoms with Gasteiger partial charge in [0, 0.05) is 30.6 Å². The summed E-state index contributed by atoms with van der Waals surface area (Å²) >= 11 is 0. The third-order valence-corrected chi connectivity index (χ3v) is 9.79. The van der Waals surface area contributed by atoms with Gasteiger partial charge < -0.3 is 44.5 Å². The van der Waals surface area contributed by atoms with E-state index in [1.807, 2.05) is 6.92 Å². The van der Waals surface area contributed by atoms with Crippen LogP contribution in [0.15, 0.2) is 78.9 Å². The molecule has 0 aromatic heterocycles. The number of nitrogens with zero attached hydrogens (tertiary/aromatic N) is 1. The average molecular weight is 853 g/mol. The minimum absolute atomic E-state index is 0.0000180. The second-order valence-electron chi connectivity index (χ2n) is 14.5. The van der Waals surface area contributed by atoms with Gasteiger partial charge in [0.05, 0.1) is 16.8 Å². The van der Waals surface area contributed by atoms with E-state index in [4.69, 9.17) is 14.2 Å². The predicted molar refractivity (Wildman–Crippen MR) is 223 cm³/mol. The van der Waals surface area contributed by atoms with Crippen molar-refractivity contribution in [3.05, 3.63) is 112 Å². The number of unbranched alkanes of at least 4 members (excludes halogenated alkanes) is 3. The van der Waals surface area contributed by atoms with Gasteiger partial charge in [-0.1, -0.05) is 57.4 Å². The third-order valence-electron chi connectivity index (χ3n) is 9.79. The Kier molecular flexibility index (Phi) is 16.2. The number of amides is 2. The summed E-state index contributed by atoms with van der Waals surface area (Å²) in [7, 11) is 0. The summed E-state index contributed by atoms with van der Waals surface area (Å²) in [5, 5.41) is 33.1. The third kappa shape index (κ3) is 12.6. The van der Waals surface area contributed by atoms with E-state index in [0.717, 1.165) is 57.1 Å².